The van der Waals surface area contributed by atoms with Gasteiger partial charge < -0.3 is 45.1 Å². The van der Waals surface area contributed by atoms with E-state index in [2.05, 4.69) is 56.6 Å². The van der Waals surface area contributed by atoms with Gasteiger partial charge in [-0.05, 0) is 97.8 Å². The molecule has 13 nitrogen and oxygen atoms in total. The highest BCUT2D eigenvalue weighted by atomic mass is 32.2. The van der Waals surface area contributed by atoms with Crippen LogP contribution < -0.4 is 40.2 Å². The Morgan fingerprint density at radius 3 is 2.22 bits per heavy atom. The standard InChI is InChI=1S/C44H51N7O6S/c1-43(2,3)28-23-35(40(56-5)36(24-28)50-58(6)54)49-42(53)48-34-13-14-37(32-10-8-7-9-31(32)34)57-30-15-19-45-39(26-30)47-29-11-12-33(38(25-29)55-4)41(52)46-27-44-16-20-51(21-17-44)22-18-44/h7-15,19,23-26,50H,16-18,20-22,27H2,1-6H3,(H,45,47)(H,46,52)(H2,48,49,53). The molecular weight excluding hydrogens is 755 g/mol. The summed E-state index contributed by atoms with van der Waals surface area (Å²) in [7, 11) is 1.70. The van der Waals surface area contributed by atoms with E-state index in [1.807, 2.05) is 42.5 Å². The third-order valence-corrected chi connectivity index (χ3v) is 11.5. The maximum absolute atomic E-state index is 13.5. The number of urea groups is 1. The van der Waals surface area contributed by atoms with Crippen LogP contribution in [0.1, 0.15) is 56.0 Å². The van der Waals surface area contributed by atoms with Crippen LogP contribution in [-0.2, 0) is 16.4 Å². The van der Waals surface area contributed by atoms with Gasteiger partial charge in [0.1, 0.15) is 34.1 Å². The highest BCUT2D eigenvalue weighted by Crippen LogP contribution is 2.41. The lowest BCUT2D eigenvalue weighted by atomic mass is 9.72. The summed E-state index contributed by atoms with van der Waals surface area (Å²) in [6, 6.07) is 23.4. The highest BCUT2D eigenvalue weighted by Gasteiger charge is 2.39. The zero-order valence-electron chi connectivity index (χ0n) is 33.8. The van der Waals surface area contributed by atoms with E-state index in [9.17, 15) is 13.8 Å². The van der Waals surface area contributed by atoms with Crippen LogP contribution in [0.5, 0.6) is 23.0 Å². The molecule has 3 fully saturated rings. The summed E-state index contributed by atoms with van der Waals surface area (Å²) in [5, 5.41) is 13.9. The van der Waals surface area contributed by atoms with Crippen molar-refractivity contribution in [2.75, 3.05) is 67.3 Å². The smallest absolute Gasteiger partial charge is 0.323 e. The van der Waals surface area contributed by atoms with Gasteiger partial charge >= 0.3 is 6.03 Å². The third kappa shape index (κ3) is 9.13. The third-order valence-electron chi connectivity index (χ3n) is 11.0. The Morgan fingerprint density at radius 1 is 0.828 bits per heavy atom. The van der Waals surface area contributed by atoms with Crippen molar-refractivity contribution in [1.29, 1.82) is 0 Å². The fourth-order valence-corrected chi connectivity index (χ4v) is 8.11. The molecule has 3 saturated heterocycles. The topological polar surface area (TPSA) is 155 Å². The SMILES string of the molecule is COc1cc(Nc2cc(Oc3ccc(NC(=O)Nc4cc(C(C)(C)C)cc(NS(C)=O)c4OC)c4ccccc34)ccn2)ccc1C(=O)NCC12CCN(CC1)CC2. The van der Waals surface area contributed by atoms with Gasteiger partial charge in [-0.25, -0.2) is 14.0 Å². The number of aromatic nitrogens is 1. The number of methoxy groups -OCH3 is 2. The van der Waals surface area contributed by atoms with E-state index in [1.165, 1.54) is 13.4 Å². The maximum atomic E-state index is 13.5. The second-order valence-corrected chi connectivity index (χ2v) is 17.1. The zero-order valence-corrected chi connectivity index (χ0v) is 34.6. The van der Waals surface area contributed by atoms with Crippen LogP contribution in [0, 0.1) is 5.41 Å². The lowest BCUT2D eigenvalue weighted by molar-refractivity contribution is 0.0262. The first-order valence-electron chi connectivity index (χ1n) is 19.3. The van der Waals surface area contributed by atoms with E-state index >= 15 is 0 Å². The number of pyridine rings is 1. The van der Waals surface area contributed by atoms with Crippen molar-refractivity contribution in [2.24, 2.45) is 5.41 Å². The molecule has 14 heteroatoms. The number of rotatable bonds is 13. The lowest BCUT2D eigenvalue weighted by Crippen LogP contribution is -2.52. The maximum Gasteiger partial charge on any atom is 0.323 e. The van der Waals surface area contributed by atoms with E-state index < -0.39 is 17.0 Å². The van der Waals surface area contributed by atoms with Gasteiger partial charge in [0.25, 0.3) is 5.91 Å². The van der Waals surface area contributed by atoms with Crippen molar-refractivity contribution in [3.8, 4) is 23.0 Å². The first-order chi connectivity index (χ1) is 27.8. The number of benzene rings is 4. The average Bonchev–Trinajstić information content (AvgIpc) is 3.21. The van der Waals surface area contributed by atoms with Crippen molar-refractivity contribution in [1.82, 2.24) is 15.2 Å². The Bertz CT molecular complexity index is 2340. The first-order valence-corrected chi connectivity index (χ1v) is 20.9. The molecule has 3 amide bonds. The molecule has 3 aliphatic rings. The Hall–Kier alpha value is -5.86. The molecular formula is C44H51N7O6S. The monoisotopic (exact) mass is 805 g/mol. The molecule has 1 atom stereocenters. The molecule has 8 rings (SSSR count). The fraction of sp³-hybridized carbons (Fsp3) is 0.341. The van der Waals surface area contributed by atoms with Gasteiger partial charge in [0, 0.05) is 47.6 Å². The van der Waals surface area contributed by atoms with Crippen LogP contribution >= 0.6 is 0 Å². The molecule has 5 aromatic rings. The highest BCUT2D eigenvalue weighted by molar-refractivity contribution is 7.85. The van der Waals surface area contributed by atoms with Gasteiger partial charge in [-0.2, -0.15) is 0 Å². The van der Waals surface area contributed by atoms with E-state index in [1.54, 1.807) is 49.7 Å². The van der Waals surface area contributed by atoms with Crippen molar-refractivity contribution < 1.29 is 28.0 Å². The summed E-state index contributed by atoms with van der Waals surface area (Å²) in [5.74, 6) is 2.35. The molecule has 1 aromatic heterocycles. The van der Waals surface area contributed by atoms with Crippen molar-refractivity contribution in [3.05, 3.63) is 96.2 Å². The number of fused-ring (bicyclic) bond motifs is 4. The molecule has 4 heterocycles. The molecule has 5 N–H and O–H groups in total. The van der Waals surface area contributed by atoms with Crippen LogP contribution in [0.25, 0.3) is 10.8 Å². The second-order valence-electron chi connectivity index (χ2n) is 15.9. The number of nitrogens with one attached hydrogen (secondary N) is 5. The Labute approximate surface area is 341 Å². The first kappa shape index (κ1) is 40.3. The molecule has 0 aliphatic carbocycles. The summed E-state index contributed by atoms with van der Waals surface area (Å²) in [6.45, 7) is 10.2. The number of piperidine rings is 3. The molecule has 3 aliphatic heterocycles. The van der Waals surface area contributed by atoms with Crippen molar-refractivity contribution >= 4 is 62.3 Å². The van der Waals surface area contributed by atoms with E-state index in [0.29, 0.717) is 63.7 Å². The summed E-state index contributed by atoms with van der Waals surface area (Å²) in [4.78, 5) is 33.8. The van der Waals surface area contributed by atoms with Gasteiger partial charge in [-0.3, -0.25) is 4.79 Å². The Balaban J connectivity index is 1.04. The molecule has 2 bridgehead atoms. The quantitative estimate of drug-likeness (QED) is 0.0787. The van der Waals surface area contributed by atoms with Crippen LogP contribution in [0.15, 0.2) is 85.1 Å². The molecule has 0 radical (unpaired) electrons. The van der Waals surface area contributed by atoms with Crippen LogP contribution in [-0.4, -0.2) is 72.7 Å². The van der Waals surface area contributed by atoms with Crippen LogP contribution in [0.3, 0.4) is 0 Å². The van der Waals surface area contributed by atoms with E-state index in [0.717, 1.165) is 55.2 Å². The zero-order chi connectivity index (χ0) is 41.0. The van der Waals surface area contributed by atoms with Gasteiger partial charge in [-0.15, -0.1) is 0 Å². The van der Waals surface area contributed by atoms with Gasteiger partial charge in [0.15, 0.2) is 5.75 Å². The number of amides is 3. The molecule has 4 aromatic carbocycles. The number of hydrogen-bond donors (Lipinski definition) is 5. The van der Waals surface area contributed by atoms with Crippen molar-refractivity contribution in [2.45, 2.75) is 45.4 Å². The lowest BCUT2D eigenvalue weighted by Gasteiger charge is -2.48. The van der Waals surface area contributed by atoms with Gasteiger partial charge in [0.05, 0.1) is 36.8 Å². The predicted octanol–water partition coefficient (Wildman–Crippen LogP) is 8.65. The van der Waals surface area contributed by atoms with Gasteiger partial charge in [-0.1, -0.05) is 45.0 Å². The number of hydrogen-bond acceptors (Lipinski definition) is 9. The number of carbonyl (C=O) groups excluding carboxylic acids is 2. The van der Waals surface area contributed by atoms with E-state index in [4.69, 9.17) is 14.2 Å². The summed E-state index contributed by atoms with van der Waals surface area (Å²) < 4.78 is 32.7. The van der Waals surface area contributed by atoms with E-state index in [-0.39, 0.29) is 16.7 Å². The fourth-order valence-electron chi connectivity index (χ4n) is 7.65. The van der Waals surface area contributed by atoms with Crippen molar-refractivity contribution in [3.63, 3.8) is 0 Å². The minimum atomic E-state index is -1.36. The van der Waals surface area contributed by atoms with Crippen LogP contribution in [0.2, 0.25) is 0 Å². The summed E-state index contributed by atoms with van der Waals surface area (Å²) >= 11 is 0. The second kappa shape index (κ2) is 16.9. The number of anilines is 5. The average molecular weight is 806 g/mol. The molecule has 304 valence electrons. The Morgan fingerprint density at radius 2 is 1.53 bits per heavy atom. The number of ether oxygens (including phenoxy) is 3. The minimum absolute atomic E-state index is 0.141. The van der Waals surface area contributed by atoms with Gasteiger partial charge in [0.2, 0.25) is 0 Å². The minimum Gasteiger partial charge on any atom is -0.496 e. The number of carbonyl (C=O) groups is 2. The number of nitrogens with zero attached hydrogens (tertiary/aromatic N) is 2. The summed E-state index contributed by atoms with van der Waals surface area (Å²) in [5.41, 5.74) is 3.55. The molecule has 1 unspecified atom stereocenters. The Kier molecular flexibility index (Phi) is 11.8. The molecule has 0 saturated carbocycles. The van der Waals surface area contributed by atoms with Crippen LogP contribution in [0.4, 0.5) is 33.4 Å². The molecule has 58 heavy (non-hydrogen) atoms. The summed E-state index contributed by atoms with van der Waals surface area (Å²) in [6.07, 6.45) is 6.55. The molecule has 0 spiro atoms. The normalized spacial score (nSPS) is 17.9. The largest absolute Gasteiger partial charge is 0.496 e. The predicted molar refractivity (Wildman–Crippen MR) is 232 cm³/mol.